The third-order valence-electron chi connectivity index (χ3n) is 6.84. The van der Waals surface area contributed by atoms with Gasteiger partial charge in [-0.3, -0.25) is 9.59 Å². The molecule has 2 aromatic rings. The summed E-state index contributed by atoms with van der Waals surface area (Å²) in [4.78, 5) is 23.7. The first-order valence-corrected chi connectivity index (χ1v) is 11.9. The monoisotopic (exact) mass is 516 g/mol. The normalized spacial score (nSPS) is 21.6. The first kappa shape index (κ1) is 26.4. The highest BCUT2D eigenvalue weighted by Gasteiger charge is 2.46. The summed E-state index contributed by atoms with van der Waals surface area (Å²) in [7, 11) is 6.24. The first-order chi connectivity index (χ1) is 17.8. The molecule has 1 heterocycles. The molecule has 4 atom stereocenters. The maximum atomic E-state index is 11.9. The lowest BCUT2D eigenvalue weighted by Gasteiger charge is -2.43. The lowest BCUT2D eigenvalue weighted by molar-refractivity contribution is -0.151. The smallest absolute Gasteiger partial charge is 0.302 e. The molecule has 0 saturated heterocycles. The molecule has 0 radical (unpaired) electrons. The average Bonchev–Trinajstić information content (AvgIpc) is 3.35. The molecule has 10 heteroatoms. The Morgan fingerprint density at radius 3 is 1.81 bits per heavy atom. The van der Waals surface area contributed by atoms with Crippen LogP contribution in [0.2, 0.25) is 0 Å². The van der Waals surface area contributed by atoms with E-state index in [2.05, 4.69) is 0 Å². The van der Waals surface area contributed by atoms with Gasteiger partial charge >= 0.3 is 11.9 Å². The molecule has 200 valence electrons. The Labute approximate surface area is 215 Å². The van der Waals surface area contributed by atoms with E-state index >= 15 is 0 Å². The van der Waals surface area contributed by atoms with Gasteiger partial charge in [-0.25, -0.2) is 0 Å². The SMILES string of the molecule is COc1cc([C@@H]2c3cc4c(cc3[C@@H](OC)[C@@H](COC(C)=O)[C@@H]2COC(C)=O)OCO4)cc(OC)c1OC. The van der Waals surface area contributed by atoms with Gasteiger partial charge in [0.25, 0.3) is 0 Å². The quantitative estimate of drug-likeness (QED) is 0.459. The fourth-order valence-corrected chi connectivity index (χ4v) is 5.29. The molecule has 0 saturated carbocycles. The molecule has 10 nitrogen and oxygen atoms in total. The molecule has 0 bridgehead atoms. The minimum Gasteiger partial charge on any atom is -0.493 e. The van der Waals surface area contributed by atoms with Crippen molar-refractivity contribution < 1.29 is 47.5 Å². The van der Waals surface area contributed by atoms with E-state index in [4.69, 9.17) is 37.9 Å². The minimum absolute atomic E-state index is 0.0641. The highest BCUT2D eigenvalue weighted by Crippen LogP contribution is 2.54. The lowest BCUT2D eigenvalue weighted by Crippen LogP contribution is -2.40. The zero-order valence-electron chi connectivity index (χ0n) is 21.8. The molecular weight excluding hydrogens is 484 g/mol. The third-order valence-corrected chi connectivity index (χ3v) is 6.84. The topological polar surface area (TPSA) is 108 Å². The Bertz CT molecular complexity index is 1140. The zero-order valence-corrected chi connectivity index (χ0v) is 21.8. The van der Waals surface area contributed by atoms with E-state index in [0.717, 1.165) is 16.7 Å². The Kier molecular flexibility index (Phi) is 7.97. The Morgan fingerprint density at radius 1 is 0.784 bits per heavy atom. The highest BCUT2D eigenvalue weighted by atomic mass is 16.7. The van der Waals surface area contributed by atoms with Crippen LogP contribution in [0.4, 0.5) is 0 Å². The van der Waals surface area contributed by atoms with Crippen LogP contribution in [0.15, 0.2) is 24.3 Å². The summed E-state index contributed by atoms with van der Waals surface area (Å²) < 4.78 is 45.1. The van der Waals surface area contributed by atoms with Crippen LogP contribution in [-0.4, -0.2) is 60.4 Å². The van der Waals surface area contributed by atoms with Gasteiger partial charge < -0.3 is 37.9 Å². The summed E-state index contributed by atoms with van der Waals surface area (Å²) in [6, 6.07) is 7.58. The van der Waals surface area contributed by atoms with Crippen LogP contribution >= 0.6 is 0 Å². The highest BCUT2D eigenvalue weighted by molar-refractivity contribution is 5.66. The van der Waals surface area contributed by atoms with Crippen molar-refractivity contribution >= 4 is 11.9 Å². The third kappa shape index (κ3) is 5.11. The molecule has 2 aromatic carbocycles. The van der Waals surface area contributed by atoms with Gasteiger partial charge in [0.1, 0.15) is 0 Å². The van der Waals surface area contributed by atoms with Gasteiger partial charge in [0.15, 0.2) is 23.0 Å². The van der Waals surface area contributed by atoms with Gasteiger partial charge in [-0.05, 0) is 41.0 Å². The van der Waals surface area contributed by atoms with Crippen molar-refractivity contribution in [2.45, 2.75) is 25.9 Å². The van der Waals surface area contributed by atoms with Crippen LogP contribution < -0.4 is 23.7 Å². The number of carbonyl (C=O) groups is 2. The number of hydrogen-bond acceptors (Lipinski definition) is 10. The zero-order chi connectivity index (χ0) is 26.7. The van der Waals surface area contributed by atoms with Crippen molar-refractivity contribution in [2.75, 3.05) is 48.4 Å². The van der Waals surface area contributed by atoms with E-state index in [9.17, 15) is 9.59 Å². The summed E-state index contributed by atoms with van der Waals surface area (Å²) in [5, 5.41) is 0. The predicted molar refractivity (Wildman–Crippen MR) is 131 cm³/mol. The van der Waals surface area contributed by atoms with E-state index < -0.39 is 18.0 Å². The summed E-state index contributed by atoms with van der Waals surface area (Å²) >= 11 is 0. The number of methoxy groups -OCH3 is 4. The first-order valence-electron chi connectivity index (χ1n) is 11.9. The molecule has 0 N–H and O–H groups in total. The number of fused-ring (bicyclic) bond motifs is 2. The van der Waals surface area contributed by atoms with E-state index in [-0.39, 0.29) is 37.8 Å². The summed E-state index contributed by atoms with van der Waals surface area (Å²) in [6.45, 7) is 2.95. The predicted octanol–water partition coefficient (Wildman–Crippen LogP) is 3.63. The number of rotatable bonds is 9. The Hall–Kier alpha value is -3.66. The van der Waals surface area contributed by atoms with Crippen LogP contribution in [0.3, 0.4) is 0 Å². The summed E-state index contributed by atoms with van der Waals surface area (Å²) in [5.74, 6) is 0.760. The standard InChI is InChI=1S/C27H32O10/c1-14(28)34-11-19-20(12-35-15(2)29)26(32-5)18-10-22-21(36-13-37-22)9-17(18)25(19)16-7-23(30-3)27(33-6)24(8-16)31-4/h7-10,19-20,25-26H,11-13H2,1-6H3/t19-,20-,25+,26+/m0/s1. The molecular formula is C27H32O10. The molecule has 0 amide bonds. The van der Waals surface area contributed by atoms with E-state index in [1.807, 2.05) is 24.3 Å². The molecule has 0 fully saturated rings. The number of hydrogen-bond donors (Lipinski definition) is 0. The van der Waals surface area contributed by atoms with Gasteiger partial charge in [0.2, 0.25) is 12.5 Å². The largest absolute Gasteiger partial charge is 0.493 e. The second kappa shape index (κ2) is 11.2. The molecule has 1 aliphatic carbocycles. The number of carbonyl (C=O) groups excluding carboxylic acids is 2. The minimum atomic E-state index is -0.470. The Balaban J connectivity index is 1.96. The molecule has 0 spiro atoms. The fourth-order valence-electron chi connectivity index (χ4n) is 5.29. The van der Waals surface area contributed by atoms with Crippen LogP contribution in [0.5, 0.6) is 28.7 Å². The second-order valence-electron chi connectivity index (χ2n) is 8.86. The van der Waals surface area contributed by atoms with Crippen molar-refractivity contribution in [3.05, 3.63) is 41.0 Å². The van der Waals surface area contributed by atoms with Gasteiger partial charge in [0.05, 0.1) is 40.6 Å². The van der Waals surface area contributed by atoms with Crippen molar-refractivity contribution in [3.63, 3.8) is 0 Å². The van der Waals surface area contributed by atoms with Gasteiger partial charge in [0, 0.05) is 38.7 Å². The van der Waals surface area contributed by atoms with Gasteiger partial charge in [-0.1, -0.05) is 0 Å². The maximum absolute atomic E-state index is 11.9. The van der Waals surface area contributed by atoms with Crippen LogP contribution in [-0.2, 0) is 23.8 Å². The van der Waals surface area contributed by atoms with Gasteiger partial charge in [-0.2, -0.15) is 0 Å². The molecule has 0 aromatic heterocycles. The summed E-state index contributed by atoms with van der Waals surface area (Å²) in [6.07, 6.45) is -0.470. The van der Waals surface area contributed by atoms with Crippen molar-refractivity contribution in [2.24, 2.45) is 11.8 Å². The van der Waals surface area contributed by atoms with Crippen molar-refractivity contribution in [3.8, 4) is 28.7 Å². The number of ether oxygens (including phenoxy) is 8. The lowest BCUT2D eigenvalue weighted by atomic mass is 9.65. The van der Waals surface area contributed by atoms with Crippen LogP contribution in [0, 0.1) is 11.8 Å². The molecule has 4 rings (SSSR count). The van der Waals surface area contributed by atoms with Crippen molar-refractivity contribution in [1.29, 1.82) is 0 Å². The number of esters is 2. The molecule has 0 unspecified atom stereocenters. The average molecular weight is 517 g/mol. The summed E-state index contributed by atoms with van der Waals surface area (Å²) in [5.41, 5.74) is 2.59. The molecule has 37 heavy (non-hydrogen) atoms. The maximum Gasteiger partial charge on any atom is 0.302 e. The van der Waals surface area contributed by atoms with Crippen LogP contribution in [0.1, 0.15) is 42.6 Å². The van der Waals surface area contributed by atoms with Crippen LogP contribution in [0.25, 0.3) is 0 Å². The van der Waals surface area contributed by atoms with E-state index in [1.54, 1.807) is 28.4 Å². The number of benzene rings is 2. The van der Waals surface area contributed by atoms with Crippen molar-refractivity contribution in [1.82, 2.24) is 0 Å². The van der Waals surface area contributed by atoms with Gasteiger partial charge in [-0.15, -0.1) is 0 Å². The van der Waals surface area contributed by atoms with E-state index in [0.29, 0.717) is 28.7 Å². The Morgan fingerprint density at radius 2 is 1.32 bits per heavy atom. The fraction of sp³-hybridized carbons (Fsp3) is 0.481. The second-order valence-corrected chi connectivity index (χ2v) is 8.86. The molecule has 1 aliphatic heterocycles. The van der Waals surface area contributed by atoms with E-state index in [1.165, 1.54) is 13.8 Å². The molecule has 2 aliphatic rings.